The van der Waals surface area contributed by atoms with Crippen LogP contribution < -0.4 is 21.1 Å². The first-order chi connectivity index (χ1) is 22.3. The van der Waals surface area contributed by atoms with Gasteiger partial charge in [0.2, 0.25) is 0 Å². The number of nitrogens with zero attached hydrogens (tertiary/aromatic N) is 3. The fourth-order valence-electron chi connectivity index (χ4n) is 6.74. The van der Waals surface area contributed by atoms with Crippen LogP contribution in [0.25, 0.3) is 22.0 Å². The molecule has 0 saturated carbocycles. The number of hydrogen-bond donors (Lipinski definition) is 3. The van der Waals surface area contributed by atoms with Crippen LogP contribution in [0, 0.1) is 0 Å². The van der Waals surface area contributed by atoms with Crippen LogP contribution in [0.2, 0.25) is 10.0 Å². The molecule has 1 aromatic heterocycles. The predicted molar refractivity (Wildman–Crippen MR) is 192 cm³/mol. The Morgan fingerprint density at radius 2 is 1.63 bits per heavy atom. The van der Waals surface area contributed by atoms with Gasteiger partial charge in [0.15, 0.2) is 0 Å². The van der Waals surface area contributed by atoms with Crippen LogP contribution >= 0.6 is 23.2 Å². The van der Waals surface area contributed by atoms with Gasteiger partial charge in [-0.3, -0.25) is 9.80 Å². The zero-order valence-corrected chi connectivity index (χ0v) is 28.3. The van der Waals surface area contributed by atoms with Gasteiger partial charge >= 0.3 is 0 Å². The van der Waals surface area contributed by atoms with E-state index in [9.17, 15) is 0 Å². The quantitative estimate of drug-likeness (QED) is 0.150. The Bertz CT molecular complexity index is 1620. The van der Waals surface area contributed by atoms with Crippen molar-refractivity contribution in [1.29, 1.82) is 0 Å². The second-order valence-electron chi connectivity index (χ2n) is 12.7. The number of nitrogens with two attached hydrogens (primary N) is 1. The van der Waals surface area contributed by atoms with Gasteiger partial charge in [0.1, 0.15) is 5.75 Å². The minimum atomic E-state index is -0.320. The highest BCUT2D eigenvalue weighted by atomic mass is 35.5. The van der Waals surface area contributed by atoms with Gasteiger partial charge in [-0.15, -0.1) is 0 Å². The van der Waals surface area contributed by atoms with E-state index in [1.807, 2.05) is 30.3 Å². The Morgan fingerprint density at radius 3 is 2.30 bits per heavy atom. The fourth-order valence-corrected chi connectivity index (χ4v) is 7.26. The number of fused-ring (bicyclic) bond motifs is 1. The van der Waals surface area contributed by atoms with E-state index in [1.54, 1.807) is 7.11 Å². The summed E-state index contributed by atoms with van der Waals surface area (Å²) in [7, 11) is 1.71. The number of piperidine rings is 1. The van der Waals surface area contributed by atoms with Crippen LogP contribution in [0.15, 0.2) is 79.1 Å². The van der Waals surface area contributed by atoms with Gasteiger partial charge in [-0.2, -0.15) is 0 Å². The van der Waals surface area contributed by atoms with E-state index in [1.165, 1.54) is 27.6 Å². The van der Waals surface area contributed by atoms with Gasteiger partial charge in [-0.05, 0) is 79.9 Å². The van der Waals surface area contributed by atoms with Crippen molar-refractivity contribution >= 4 is 34.1 Å². The van der Waals surface area contributed by atoms with E-state index in [2.05, 4.69) is 68.1 Å². The largest absolute Gasteiger partial charge is 0.497 e. The average Bonchev–Trinajstić information content (AvgIpc) is 3.43. The summed E-state index contributed by atoms with van der Waals surface area (Å²) in [5.74, 6) is 0.863. The molecule has 6 rings (SSSR count). The van der Waals surface area contributed by atoms with Crippen molar-refractivity contribution in [2.24, 2.45) is 5.73 Å². The van der Waals surface area contributed by atoms with Gasteiger partial charge in [-0.25, -0.2) is 0 Å². The van der Waals surface area contributed by atoms with Gasteiger partial charge in [-0.1, -0.05) is 54.0 Å². The van der Waals surface area contributed by atoms with E-state index in [4.69, 9.17) is 33.7 Å². The Kier molecular flexibility index (Phi) is 10.6. The molecule has 0 atom stereocenters. The minimum Gasteiger partial charge on any atom is -0.497 e. The fraction of sp³-hybridized carbons (Fsp3) is 0.405. The lowest BCUT2D eigenvalue weighted by Crippen LogP contribution is -2.53. The number of nitrogens with one attached hydrogen (secondary N) is 2. The molecule has 244 valence electrons. The van der Waals surface area contributed by atoms with Crippen LogP contribution in [0.1, 0.15) is 30.4 Å². The van der Waals surface area contributed by atoms with Crippen molar-refractivity contribution in [2.75, 3.05) is 52.9 Å². The average molecular weight is 662 g/mol. The first kappa shape index (κ1) is 32.9. The summed E-state index contributed by atoms with van der Waals surface area (Å²) in [5, 5.41) is 9.70. The predicted octanol–water partition coefficient (Wildman–Crippen LogP) is 6.52. The van der Waals surface area contributed by atoms with E-state index in [0.717, 1.165) is 112 Å². The lowest BCUT2D eigenvalue weighted by atomic mass is 9.86. The molecular formula is C37H46Cl2N6O. The van der Waals surface area contributed by atoms with Crippen LogP contribution in [-0.4, -0.2) is 72.8 Å². The molecule has 46 heavy (non-hydrogen) atoms. The van der Waals surface area contributed by atoms with Crippen LogP contribution in [0.4, 0.5) is 0 Å². The molecule has 0 bridgehead atoms. The van der Waals surface area contributed by atoms with Crippen molar-refractivity contribution in [3.05, 3.63) is 100 Å². The van der Waals surface area contributed by atoms with E-state index >= 15 is 0 Å². The SMILES string of the molecule is C=C(NCCCn1cc(-c2ccc(OC)cc2)c2cc(CN3CCN(Cc4c(Cl)cccc4Cl)CC3)ccc21)C1(N)CCNCC1. The van der Waals surface area contributed by atoms with Crippen LogP contribution in [0.3, 0.4) is 0 Å². The molecule has 0 spiro atoms. The number of aromatic nitrogens is 1. The minimum absolute atomic E-state index is 0.320. The molecule has 2 fully saturated rings. The zero-order valence-electron chi connectivity index (χ0n) is 26.8. The van der Waals surface area contributed by atoms with Crippen molar-refractivity contribution in [2.45, 2.75) is 44.4 Å². The third-order valence-corrected chi connectivity index (χ3v) is 10.4. The Labute approximate surface area is 283 Å². The summed E-state index contributed by atoms with van der Waals surface area (Å²) in [6.07, 6.45) is 5.12. The molecule has 2 saturated heterocycles. The molecule has 4 N–H and O–H groups in total. The second-order valence-corrected chi connectivity index (χ2v) is 13.5. The summed E-state index contributed by atoms with van der Waals surface area (Å²) >= 11 is 12.9. The highest BCUT2D eigenvalue weighted by Gasteiger charge is 2.30. The number of piperazine rings is 1. The maximum absolute atomic E-state index is 6.66. The standard InChI is InChI=1S/C37H46Cl2N6O/c1-27(37(40)13-16-41-17-14-37)42-15-4-18-45-26-32(29-8-10-30(46-2)11-9-29)31-23-28(7-12-36(31)45)24-43-19-21-44(22-20-43)25-33-34(38)5-3-6-35(33)39/h3,5-12,23,26,41-42H,1,4,13-22,24-25,40H2,2H3. The Balaban J connectivity index is 1.13. The van der Waals surface area contributed by atoms with Gasteiger partial charge in [0.05, 0.1) is 12.6 Å². The number of benzene rings is 3. The lowest BCUT2D eigenvalue weighted by molar-refractivity contribution is 0.122. The van der Waals surface area contributed by atoms with Crippen molar-refractivity contribution < 1.29 is 4.74 Å². The number of hydrogen-bond acceptors (Lipinski definition) is 6. The Hall–Kier alpha value is -3.04. The van der Waals surface area contributed by atoms with Crippen LogP contribution in [-0.2, 0) is 19.6 Å². The normalized spacial score (nSPS) is 17.3. The molecule has 7 nitrogen and oxygen atoms in total. The molecule has 3 aromatic carbocycles. The van der Waals surface area contributed by atoms with Gasteiger partial charge in [0.25, 0.3) is 0 Å². The van der Waals surface area contributed by atoms with Gasteiger partial charge in [0, 0.05) is 96.3 Å². The highest BCUT2D eigenvalue weighted by Crippen LogP contribution is 2.33. The first-order valence-corrected chi connectivity index (χ1v) is 17.2. The number of ether oxygens (including phenoxy) is 1. The van der Waals surface area contributed by atoms with E-state index in [0.29, 0.717) is 0 Å². The van der Waals surface area contributed by atoms with Crippen molar-refractivity contribution in [1.82, 2.24) is 25.0 Å². The number of methoxy groups -OCH3 is 1. The molecule has 3 heterocycles. The monoisotopic (exact) mass is 660 g/mol. The maximum atomic E-state index is 6.66. The third-order valence-electron chi connectivity index (χ3n) is 9.67. The molecule has 2 aliphatic rings. The summed E-state index contributed by atoms with van der Waals surface area (Å²) in [5.41, 5.74) is 13.3. The molecule has 9 heteroatoms. The zero-order chi connectivity index (χ0) is 32.1. The van der Waals surface area contributed by atoms with E-state index < -0.39 is 0 Å². The molecule has 2 aliphatic heterocycles. The lowest BCUT2D eigenvalue weighted by Gasteiger charge is -2.36. The van der Waals surface area contributed by atoms with Crippen molar-refractivity contribution in [3.63, 3.8) is 0 Å². The highest BCUT2D eigenvalue weighted by molar-refractivity contribution is 6.35. The number of aryl methyl sites for hydroxylation is 1. The molecule has 0 unspecified atom stereocenters. The summed E-state index contributed by atoms with van der Waals surface area (Å²) in [6, 6.07) is 21.1. The first-order valence-electron chi connectivity index (χ1n) is 16.4. The van der Waals surface area contributed by atoms with Crippen molar-refractivity contribution in [3.8, 4) is 16.9 Å². The van der Waals surface area contributed by atoms with E-state index in [-0.39, 0.29) is 5.54 Å². The molecule has 0 amide bonds. The summed E-state index contributed by atoms with van der Waals surface area (Å²) < 4.78 is 7.83. The summed E-state index contributed by atoms with van der Waals surface area (Å²) in [6.45, 7) is 13.6. The van der Waals surface area contributed by atoms with Gasteiger partial charge < -0.3 is 25.7 Å². The maximum Gasteiger partial charge on any atom is 0.118 e. The molecule has 0 aliphatic carbocycles. The second kappa shape index (κ2) is 14.8. The summed E-state index contributed by atoms with van der Waals surface area (Å²) in [4.78, 5) is 4.99. The smallest absolute Gasteiger partial charge is 0.118 e. The molecule has 0 radical (unpaired) electrons. The molecular weight excluding hydrogens is 615 g/mol. The topological polar surface area (TPSA) is 70.7 Å². The number of halogens is 2. The number of rotatable bonds is 12. The Morgan fingerprint density at radius 1 is 0.957 bits per heavy atom. The van der Waals surface area contributed by atoms with Crippen LogP contribution in [0.5, 0.6) is 5.75 Å². The third kappa shape index (κ3) is 7.57. The molecule has 4 aromatic rings.